The summed E-state index contributed by atoms with van der Waals surface area (Å²) in [6, 6.07) is 26.4. The van der Waals surface area contributed by atoms with Crippen molar-refractivity contribution in [1.82, 2.24) is 0 Å². The summed E-state index contributed by atoms with van der Waals surface area (Å²) < 4.78 is 22.0. The van der Waals surface area contributed by atoms with Crippen molar-refractivity contribution in [3.05, 3.63) is 84.7 Å². The molecule has 0 heterocycles. The summed E-state index contributed by atoms with van der Waals surface area (Å²) >= 11 is 0. The van der Waals surface area contributed by atoms with Gasteiger partial charge in [-0.05, 0) is 80.8 Å². The van der Waals surface area contributed by atoms with Crippen LogP contribution < -0.4 is 4.74 Å². The summed E-state index contributed by atoms with van der Waals surface area (Å²) in [5.74, 6) is 2.27. The third-order valence-electron chi connectivity index (χ3n) is 7.66. The van der Waals surface area contributed by atoms with Gasteiger partial charge in [0.15, 0.2) is 26.3 Å². The Labute approximate surface area is 194 Å². The highest BCUT2D eigenvalue weighted by Gasteiger charge is 2.49. The maximum absolute atomic E-state index is 15.5. The van der Waals surface area contributed by atoms with Crippen LogP contribution in [0.25, 0.3) is 0 Å². The van der Waals surface area contributed by atoms with E-state index in [1.54, 1.807) is 6.07 Å². The van der Waals surface area contributed by atoms with Crippen LogP contribution in [-0.2, 0) is 10.9 Å². The first kappa shape index (κ1) is 21.6. The molecule has 3 aromatic rings. The van der Waals surface area contributed by atoms with E-state index in [2.05, 4.69) is 44.2 Å². The first-order chi connectivity index (χ1) is 15.6. The minimum Gasteiger partial charge on any atom is -0.484 e. The quantitative estimate of drug-likeness (QED) is 0.334. The Morgan fingerprint density at radius 1 is 0.875 bits per heavy atom. The molecule has 4 unspecified atom stereocenters. The lowest BCUT2D eigenvalue weighted by atomic mass is 9.75. The molecule has 32 heavy (non-hydrogen) atoms. The van der Waals surface area contributed by atoms with E-state index in [1.165, 1.54) is 35.5 Å². The summed E-state index contributed by atoms with van der Waals surface area (Å²) in [6.45, 7) is 4.38. The zero-order valence-electron chi connectivity index (χ0n) is 19.0. The maximum Gasteiger partial charge on any atom is 0.170 e. The highest BCUT2D eigenvalue weighted by Crippen LogP contribution is 2.54. The monoisotopic (exact) mass is 447 g/mol. The topological polar surface area (TPSA) is 9.23 Å². The van der Waals surface area contributed by atoms with E-state index in [1.807, 2.05) is 42.5 Å². The minimum atomic E-state index is -0.357. The lowest BCUT2D eigenvalue weighted by Crippen LogP contribution is -2.43. The average Bonchev–Trinajstić information content (AvgIpc) is 3.47. The van der Waals surface area contributed by atoms with Crippen molar-refractivity contribution in [1.29, 1.82) is 0 Å². The van der Waals surface area contributed by atoms with Crippen LogP contribution >= 0.6 is 0 Å². The summed E-state index contributed by atoms with van der Waals surface area (Å²) in [6.07, 6.45) is 6.15. The van der Waals surface area contributed by atoms with Crippen molar-refractivity contribution in [2.24, 2.45) is 17.8 Å². The molecule has 3 aromatic carbocycles. The van der Waals surface area contributed by atoms with Gasteiger partial charge in [0.2, 0.25) is 0 Å². The van der Waals surface area contributed by atoms with Gasteiger partial charge in [0.25, 0.3) is 0 Å². The van der Waals surface area contributed by atoms with Crippen LogP contribution in [0.15, 0.2) is 93.5 Å². The highest BCUT2D eigenvalue weighted by atomic mass is 32.2. The van der Waals surface area contributed by atoms with Crippen molar-refractivity contribution in [2.75, 3.05) is 0 Å². The summed E-state index contributed by atoms with van der Waals surface area (Å²) in [7, 11) is -0.357. The van der Waals surface area contributed by atoms with Gasteiger partial charge in [0, 0.05) is 12.0 Å². The molecule has 2 fully saturated rings. The molecule has 4 atom stereocenters. The Balaban J connectivity index is 1.45. The molecule has 5 rings (SSSR count). The number of rotatable bonds is 7. The van der Waals surface area contributed by atoms with Gasteiger partial charge in [-0.1, -0.05) is 49.7 Å². The molecule has 2 saturated carbocycles. The third-order valence-corrected chi connectivity index (χ3v) is 9.88. The summed E-state index contributed by atoms with van der Waals surface area (Å²) in [5, 5.41) is 0. The molecule has 0 aromatic heterocycles. The molecule has 2 aliphatic rings. The van der Waals surface area contributed by atoms with Crippen LogP contribution in [0.4, 0.5) is 4.39 Å². The van der Waals surface area contributed by atoms with Gasteiger partial charge in [-0.3, -0.25) is 0 Å². The highest BCUT2D eigenvalue weighted by molar-refractivity contribution is 7.97. The third kappa shape index (κ3) is 4.08. The summed E-state index contributed by atoms with van der Waals surface area (Å²) in [4.78, 5) is 3.35. The number of ether oxygens (including phenoxy) is 1. The number of hydrogen-bond donors (Lipinski definition) is 0. The maximum atomic E-state index is 15.5. The lowest BCUT2D eigenvalue weighted by molar-refractivity contribution is -0.00660. The number of benzene rings is 3. The second-order valence-corrected chi connectivity index (χ2v) is 11.6. The number of halogens is 1. The van der Waals surface area contributed by atoms with Crippen molar-refractivity contribution in [3.8, 4) is 5.75 Å². The van der Waals surface area contributed by atoms with E-state index in [9.17, 15) is 0 Å². The Bertz CT molecular complexity index is 1010. The fourth-order valence-electron chi connectivity index (χ4n) is 5.87. The van der Waals surface area contributed by atoms with Gasteiger partial charge in [-0.2, -0.15) is 0 Å². The van der Waals surface area contributed by atoms with Gasteiger partial charge >= 0.3 is 0 Å². The molecule has 0 saturated heterocycles. The van der Waals surface area contributed by atoms with E-state index >= 15 is 4.39 Å². The lowest BCUT2D eigenvalue weighted by Gasteiger charge is -2.40. The predicted molar refractivity (Wildman–Crippen MR) is 130 cm³/mol. The molecule has 2 aliphatic carbocycles. The van der Waals surface area contributed by atoms with Crippen LogP contribution in [0.2, 0.25) is 0 Å². The Hall–Kier alpha value is -2.26. The molecule has 0 amide bonds. The minimum absolute atomic E-state index is 0.255. The van der Waals surface area contributed by atoms with Gasteiger partial charge in [-0.15, -0.1) is 0 Å². The average molecular weight is 448 g/mol. The molecular weight excluding hydrogens is 415 g/mol. The number of fused-ring (bicyclic) bond motifs is 2. The zero-order chi connectivity index (χ0) is 22.1. The van der Waals surface area contributed by atoms with Crippen molar-refractivity contribution < 1.29 is 9.13 Å². The summed E-state index contributed by atoms with van der Waals surface area (Å²) in [5.41, 5.74) is -0.303. The molecule has 1 nitrogen and oxygen atoms in total. The van der Waals surface area contributed by atoms with Gasteiger partial charge in [-0.25, -0.2) is 4.39 Å². The second-order valence-electron chi connectivity index (χ2n) is 9.57. The Morgan fingerprint density at radius 3 is 2.03 bits per heavy atom. The first-order valence-corrected chi connectivity index (χ1v) is 13.1. The Morgan fingerprint density at radius 2 is 1.53 bits per heavy atom. The SMILES string of the molecule is CCC(C)(Oc1ccc([S+](c2ccccc2)c2ccccc2)cc1F)C1CC2CCC1C2. The molecule has 0 spiro atoms. The Kier molecular flexibility index (Phi) is 6.03. The molecule has 0 N–H and O–H groups in total. The normalized spacial score (nSPS) is 23.9. The fourth-order valence-corrected chi connectivity index (χ4v) is 7.97. The fraction of sp³-hybridized carbons (Fsp3) is 0.379. The molecular formula is C29H32FOS+. The molecule has 166 valence electrons. The zero-order valence-corrected chi connectivity index (χ0v) is 19.8. The number of hydrogen-bond acceptors (Lipinski definition) is 1. The standard InChI is InChI=1S/C29H32FOS/c1-3-29(2,26-19-21-14-15-22(26)18-21)31-28-17-16-25(20-27(28)30)32(23-10-6-4-7-11-23)24-12-8-5-9-13-24/h4-13,16-17,20-22,26H,3,14-15,18-19H2,1-2H3/q+1. The van der Waals surface area contributed by atoms with E-state index in [0.717, 1.165) is 23.2 Å². The van der Waals surface area contributed by atoms with Crippen LogP contribution in [0.5, 0.6) is 5.75 Å². The van der Waals surface area contributed by atoms with Crippen LogP contribution in [-0.4, -0.2) is 5.60 Å². The van der Waals surface area contributed by atoms with Gasteiger partial charge in [0.05, 0.1) is 10.9 Å². The van der Waals surface area contributed by atoms with Crippen molar-refractivity contribution in [2.45, 2.75) is 66.2 Å². The van der Waals surface area contributed by atoms with E-state index in [0.29, 0.717) is 11.7 Å². The van der Waals surface area contributed by atoms with Crippen LogP contribution in [0, 0.1) is 23.6 Å². The molecule has 3 heteroatoms. The van der Waals surface area contributed by atoms with Gasteiger partial charge < -0.3 is 4.74 Å². The predicted octanol–water partition coefficient (Wildman–Crippen LogP) is 7.90. The van der Waals surface area contributed by atoms with Crippen molar-refractivity contribution in [3.63, 3.8) is 0 Å². The van der Waals surface area contributed by atoms with Crippen LogP contribution in [0.3, 0.4) is 0 Å². The molecule has 0 aliphatic heterocycles. The van der Waals surface area contributed by atoms with E-state index in [4.69, 9.17) is 4.74 Å². The van der Waals surface area contributed by atoms with Crippen LogP contribution in [0.1, 0.15) is 46.0 Å². The molecule has 0 radical (unpaired) electrons. The second kappa shape index (κ2) is 8.94. The smallest absolute Gasteiger partial charge is 0.170 e. The van der Waals surface area contributed by atoms with E-state index < -0.39 is 0 Å². The van der Waals surface area contributed by atoms with Crippen molar-refractivity contribution >= 4 is 10.9 Å². The first-order valence-electron chi connectivity index (χ1n) is 11.9. The molecule has 2 bridgehead atoms. The van der Waals surface area contributed by atoms with E-state index in [-0.39, 0.29) is 22.3 Å². The van der Waals surface area contributed by atoms with Gasteiger partial charge in [0.1, 0.15) is 5.60 Å². The largest absolute Gasteiger partial charge is 0.484 e.